The maximum absolute atomic E-state index is 4.35. The lowest BCUT2D eigenvalue weighted by Gasteiger charge is -2.02. The summed E-state index contributed by atoms with van der Waals surface area (Å²) in [5, 5.41) is 3.14. The number of anilines is 1. The number of nitrogens with zero attached hydrogens (tertiary/aromatic N) is 3. The van der Waals surface area contributed by atoms with E-state index in [0.717, 1.165) is 23.1 Å². The first-order chi connectivity index (χ1) is 6.90. The molecule has 0 radical (unpaired) electrons. The minimum Gasteiger partial charge on any atom is -0.370 e. The third-order valence-corrected chi connectivity index (χ3v) is 2.44. The first-order valence-electron chi connectivity index (χ1n) is 4.36. The first-order valence-corrected chi connectivity index (χ1v) is 5.24. The van der Waals surface area contributed by atoms with Gasteiger partial charge in [0, 0.05) is 18.9 Å². The summed E-state index contributed by atoms with van der Waals surface area (Å²) in [5.74, 6) is 1.58. The second kappa shape index (κ2) is 4.15. The van der Waals surface area contributed by atoms with Gasteiger partial charge in [0.15, 0.2) is 5.82 Å². The number of rotatable bonds is 3. The third-order valence-electron chi connectivity index (χ3n) is 1.67. The lowest BCUT2D eigenvalue weighted by molar-refractivity contribution is 1.12. The smallest absolute Gasteiger partial charge is 0.173 e. The molecule has 0 saturated heterocycles. The van der Waals surface area contributed by atoms with E-state index in [-0.39, 0.29) is 0 Å². The molecule has 2 rings (SSSR count). The summed E-state index contributed by atoms with van der Waals surface area (Å²) in [6, 6.07) is 1.86. The Hall–Kier alpha value is -1.49. The molecule has 0 unspecified atom stereocenters. The second-order valence-electron chi connectivity index (χ2n) is 2.66. The lowest BCUT2D eigenvalue weighted by atomic mass is 10.4. The first kappa shape index (κ1) is 9.08. The fourth-order valence-corrected chi connectivity index (χ4v) is 1.64. The van der Waals surface area contributed by atoms with E-state index in [0.29, 0.717) is 0 Å². The average molecular weight is 206 g/mol. The van der Waals surface area contributed by atoms with Crippen LogP contribution in [-0.2, 0) is 0 Å². The SMILES string of the molecule is CCNc1ccnc(-c2cncs2)n1. The molecule has 2 aromatic heterocycles. The fourth-order valence-electron chi connectivity index (χ4n) is 1.08. The Labute approximate surface area is 86.1 Å². The van der Waals surface area contributed by atoms with Gasteiger partial charge in [-0.15, -0.1) is 11.3 Å². The van der Waals surface area contributed by atoms with Crippen LogP contribution in [0.1, 0.15) is 6.92 Å². The average Bonchev–Trinajstić information content (AvgIpc) is 2.71. The summed E-state index contributed by atoms with van der Waals surface area (Å²) >= 11 is 1.54. The van der Waals surface area contributed by atoms with Gasteiger partial charge in [-0.3, -0.25) is 4.98 Å². The summed E-state index contributed by atoms with van der Waals surface area (Å²) in [6.45, 7) is 2.90. The number of thiazole rings is 1. The molecule has 14 heavy (non-hydrogen) atoms. The summed E-state index contributed by atoms with van der Waals surface area (Å²) in [5.41, 5.74) is 1.78. The van der Waals surface area contributed by atoms with Crippen LogP contribution >= 0.6 is 11.3 Å². The van der Waals surface area contributed by atoms with E-state index in [1.54, 1.807) is 17.9 Å². The summed E-state index contributed by atoms with van der Waals surface area (Å²) in [6.07, 6.45) is 3.52. The zero-order valence-corrected chi connectivity index (χ0v) is 8.58. The molecule has 2 aromatic rings. The topological polar surface area (TPSA) is 50.7 Å². The molecule has 5 heteroatoms. The molecule has 0 bridgehead atoms. The van der Waals surface area contributed by atoms with Crippen LogP contribution in [0.5, 0.6) is 0 Å². The Bertz CT molecular complexity index is 399. The molecule has 0 aliphatic carbocycles. The molecular weight excluding hydrogens is 196 g/mol. The highest BCUT2D eigenvalue weighted by Gasteiger charge is 2.02. The largest absolute Gasteiger partial charge is 0.370 e. The van der Waals surface area contributed by atoms with E-state index >= 15 is 0 Å². The molecule has 0 saturated carbocycles. The van der Waals surface area contributed by atoms with Crippen LogP contribution in [0.15, 0.2) is 24.0 Å². The fraction of sp³-hybridized carbons (Fsp3) is 0.222. The van der Waals surface area contributed by atoms with Crippen molar-refractivity contribution in [2.24, 2.45) is 0 Å². The quantitative estimate of drug-likeness (QED) is 0.834. The molecule has 0 aromatic carbocycles. The van der Waals surface area contributed by atoms with E-state index in [9.17, 15) is 0 Å². The lowest BCUT2D eigenvalue weighted by Crippen LogP contribution is -2.00. The van der Waals surface area contributed by atoms with Gasteiger partial charge in [-0.05, 0) is 13.0 Å². The molecule has 1 N–H and O–H groups in total. The van der Waals surface area contributed by atoms with E-state index in [4.69, 9.17) is 0 Å². The zero-order valence-electron chi connectivity index (χ0n) is 7.77. The minimum absolute atomic E-state index is 0.728. The highest BCUT2D eigenvalue weighted by molar-refractivity contribution is 7.13. The molecule has 0 aliphatic heterocycles. The zero-order chi connectivity index (χ0) is 9.80. The van der Waals surface area contributed by atoms with Gasteiger partial charge in [0.2, 0.25) is 0 Å². The summed E-state index contributed by atoms with van der Waals surface area (Å²) in [4.78, 5) is 13.5. The van der Waals surface area contributed by atoms with Crippen molar-refractivity contribution >= 4 is 17.2 Å². The van der Waals surface area contributed by atoms with Crippen molar-refractivity contribution in [1.29, 1.82) is 0 Å². The van der Waals surface area contributed by atoms with Crippen LogP contribution < -0.4 is 5.32 Å². The predicted octanol–water partition coefficient (Wildman–Crippen LogP) is 2.03. The molecule has 0 aliphatic rings. The number of nitrogens with one attached hydrogen (secondary N) is 1. The Morgan fingerprint density at radius 3 is 3.14 bits per heavy atom. The Morgan fingerprint density at radius 2 is 2.43 bits per heavy atom. The normalized spacial score (nSPS) is 10.1. The van der Waals surface area contributed by atoms with E-state index < -0.39 is 0 Å². The van der Waals surface area contributed by atoms with Crippen molar-refractivity contribution < 1.29 is 0 Å². The van der Waals surface area contributed by atoms with E-state index in [1.807, 2.05) is 13.0 Å². The Kier molecular flexibility index (Phi) is 2.69. The molecule has 0 spiro atoms. The number of aromatic nitrogens is 3. The summed E-state index contributed by atoms with van der Waals surface area (Å²) < 4.78 is 0. The molecule has 0 fully saturated rings. The van der Waals surface area contributed by atoms with Crippen LogP contribution in [0.2, 0.25) is 0 Å². The van der Waals surface area contributed by atoms with Crippen molar-refractivity contribution in [2.45, 2.75) is 6.92 Å². The molecule has 0 atom stereocenters. The predicted molar refractivity (Wildman–Crippen MR) is 57.3 cm³/mol. The van der Waals surface area contributed by atoms with Crippen molar-refractivity contribution in [3.05, 3.63) is 24.0 Å². The number of hydrogen-bond acceptors (Lipinski definition) is 5. The van der Waals surface area contributed by atoms with Crippen molar-refractivity contribution in [3.8, 4) is 10.7 Å². The highest BCUT2D eigenvalue weighted by Crippen LogP contribution is 2.19. The molecule has 0 amide bonds. The van der Waals surface area contributed by atoms with Gasteiger partial charge in [0.05, 0.1) is 10.4 Å². The minimum atomic E-state index is 0.728. The third kappa shape index (κ3) is 1.88. The van der Waals surface area contributed by atoms with Gasteiger partial charge in [-0.2, -0.15) is 0 Å². The maximum atomic E-state index is 4.35. The van der Waals surface area contributed by atoms with Crippen LogP contribution in [0, 0.1) is 0 Å². The number of hydrogen-bond donors (Lipinski definition) is 1. The van der Waals surface area contributed by atoms with Gasteiger partial charge in [0.1, 0.15) is 5.82 Å². The van der Waals surface area contributed by atoms with Crippen molar-refractivity contribution in [2.75, 3.05) is 11.9 Å². The van der Waals surface area contributed by atoms with Crippen LogP contribution in [0.3, 0.4) is 0 Å². The molecule has 72 valence electrons. The van der Waals surface area contributed by atoms with Crippen molar-refractivity contribution in [3.63, 3.8) is 0 Å². The van der Waals surface area contributed by atoms with Crippen LogP contribution in [0.25, 0.3) is 10.7 Å². The standard InChI is InChI=1S/C9H10N4S/c1-2-11-8-3-4-12-9(13-8)7-5-10-6-14-7/h3-6H,2H2,1H3,(H,11,12,13). The van der Waals surface area contributed by atoms with Gasteiger partial charge in [0.25, 0.3) is 0 Å². The van der Waals surface area contributed by atoms with Crippen LogP contribution in [-0.4, -0.2) is 21.5 Å². The molecule has 4 nitrogen and oxygen atoms in total. The van der Waals surface area contributed by atoms with Crippen molar-refractivity contribution in [1.82, 2.24) is 15.0 Å². The van der Waals surface area contributed by atoms with Gasteiger partial charge in [-0.25, -0.2) is 9.97 Å². The second-order valence-corrected chi connectivity index (χ2v) is 3.55. The summed E-state index contributed by atoms with van der Waals surface area (Å²) in [7, 11) is 0. The maximum Gasteiger partial charge on any atom is 0.173 e. The monoisotopic (exact) mass is 206 g/mol. The molecular formula is C9H10N4S. The van der Waals surface area contributed by atoms with Gasteiger partial charge in [-0.1, -0.05) is 0 Å². The molecule has 2 heterocycles. The Balaban J connectivity index is 2.31. The Morgan fingerprint density at radius 1 is 1.50 bits per heavy atom. The van der Waals surface area contributed by atoms with E-state index in [1.165, 1.54) is 11.3 Å². The van der Waals surface area contributed by atoms with Gasteiger partial charge < -0.3 is 5.32 Å². The van der Waals surface area contributed by atoms with Crippen LogP contribution in [0.4, 0.5) is 5.82 Å². The van der Waals surface area contributed by atoms with E-state index in [2.05, 4.69) is 20.3 Å². The van der Waals surface area contributed by atoms with Gasteiger partial charge >= 0.3 is 0 Å². The highest BCUT2D eigenvalue weighted by atomic mass is 32.1.